The van der Waals surface area contributed by atoms with Gasteiger partial charge in [0.2, 0.25) is 0 Å². The minimum Gasteiger partial charge on any atom is -0.393 e. The Balaban J connectivity index is 3.07. The summed E-state index contributed by atoms with van der Waals surface area (Å²) in [5, 5.41) is 20.4. The molecule has 2 unspecified atom stereocenters. The molecule has 0 saturated heterocycles. The molecule has 2 atom stereocenters. The van der Waals surface area contributed by atoms with Crippen LogP contribution in [0.4, 0.5) is 5.69 Å². The van der Waals surface area contributed by atoms with E-state index in [0.717, 1.165) is 0 Å². The molecule has 1 aromatic carbocycles. The molecule has 0 spiro atoms. The first kappa shape index (κ1) is 11.7. The van der Waals surface area contributed by atoms with E-state index >= 15 is 0 Å². The molecule has 1 aromatic rings. The van der Waals surface area contributed by atoms with Crippen LogP contribution in [0, 0.1) is 10.1 Å². The predicted molar refractivity (Wildman–Crippen MR) is 57.8 cm³/mol. The Morgan fingerprint density at radius 1 is 1.47 bits per heavy atom. The van der Waals surface area contributed by atoms with Crippen LogP contribution in [0.3, 0.4) is 0 Å². The third-order valence-corrected chi connectivity index (χ3v) is 2.62. The minimum absolute atomic E-state index is 0.0810. The first-order valence-corrected chi connectivity index (χ1v) is 4.99. The third-order valence-electron chi connectivity index (χ3n) is 2.62. The molecule has 1 rings (SSSR count). The molecule has 4 heteroatoms. The normalized spacial score (nSPS) is 14.6. The van der Waals surface area contributed by atoms with Crippen molar-refractivity contribution in [2.45, 2.75) is 32.3 Å². The average Bonchev–Trinajstić information content (AvgIpc) is 2.27. The fourth-order valence-electron chi connectivity index (χ4n) is 1.60. The lowest BCUT2D eigenvalue weighted by Crippen LogP contribution is -2.15. The van der Waals surface area contributed by atoms with E-state index < -0.39 is 11.0 Å². The molecule has 0 radical (unpaired) electrons. The molecule has 0 saturated carbocycles. The number of para-hydroxylation sites is 1. The standard InChI is InChI=1S/C11H15NO3/c1-3-11(13)8(2)9-6-4-5-7-10(9)12(14)15/h4-8,11,13H,3H2,1-2H3. The van der Waals surface area contributed by atoms with E-state index in [-0.39, 0.29) is 11.6 Å². The van der Waals surface area contributed by atoms with Crippen molar-refractivity contribution >= 4 is 5.69 Å². The highest BCUT2D eigenvalue weighted by atomic mass is 16.6. The van der Waals surface area contributed by atoms with Crippen LogP contribution < -0.4 is 0 Å². The molecule has 0 aliphatic rings. The van der Waals surface area contributed by atoms with Crippen molar-refractivity contribution in [1.82, 2.24) is 0 Å². The van der Waals surface area contributed by atoms with Gasteiger partial charge in [0.05, 0.1) is 11.0 Å². The predicted octanol–water partition coefficient (Wildman–Crippen LogP) is 2.47. The molecule has 0 bridgehead atoms. The van der Waals surface area contributed by atoms with E-state index in [9.17, 15) is 15.2 Å². The molecule has 0 heterocycles. The first-order chi connectivity index (χ1) is 7.07. The van der Waals surface area contributed by atoms with Crippen LogP contribution in [0.2, 0.25) is 0 Å². The molecular formula is C11H15NO3. The van der Waals surface area contributed by atoms with Crippen molar-refractivity contribution < 1.29 is 10.0 Å². The summed E-state index contributed by atoms with van der Waals surface area (Å²) in [5.41, 5.74) is 0.675. The second-order valence-corrected chi connectivity index (χ2v) is 3.58. The number of nitrogens with zero attached hydrogens (tertiary/aromatic N) is 1. The van der Waals surface area contributed by atoms with Gasteiger partial charge >= 0.3 is 0 Å². The summed E-state index contributed by atoms with van der Waals surface area (Å²) < 4.78 is 0. The Kier molecular flexibility index (Phi) is 3.80. The monoisotopic (exact) mass is 209 g/mol. The molecule has 4 nitrogen and oxygen atoms in total. The number of hydrogen-bond acceptors (Lipinski definition) is 3. The molecule has 0 fully saturated rings. The van der Waals surface area contributed by atoms with Gasteiger partial charge in [0.25, 0.3) is 5.69 Å². The van der Waals surface area contributed by atoms with E-state index in [1.54, 1.807) is 25.1 Å². The minimum atomic E-state index is -0.536. The molecule has 1 N–H and O–H groups in total. The summed E-state index contributed by atoms with van der Waals surface area (Å²) in [6, 6.07) is 6.55. The van der Waals surface area contributed by atoms with Crippen LogP contribution in [0.25, 0.3) is 0 Å². The lowest BCUT2D eigenvalue weighted by atomic mass is 9.92. The summed E-state index contributed by atoms with van der Waals surface area (Å²) in [6.45, 7) is 3.66. The zero-order valence-corrected chi connectivity index (χ0v) is 8.88. The highest BCUT2D eigenvalue weighted by molar-refractivity contribution is 5.42. The number of nitro benzene ring substituents is 1. The third kappa shape index (κ3) is 2.53. The van der Waals surface area contributed by atoms with Gasteiger partial charge in [0.1, 0.15) is 0 Å². The van der Waals surface area contributed by atoms with Crippen LogP contribution in [0.15, 0.2) is 24.3 Å². The SMILES string of the molecule is CCC(O)C(C)c1ccccc1[N+](=O)[O-]. The van der Waals surface area contributed by atoms with Crippen LogP contribution in [-0.2, 0) is 0 Å². The van der Waals surface area contributed by atoms with Gasteiger partial charge < -0.3 is 5.11 Å². The molecule has 82 valence electrons. The lowest BCUT2D eigenvalue weighted by molar-refractivity contribution is -0.385. The van der Waals surface area contributed by atoms with Gasteiger partial charge in [0.15, 0.2) is 0 Å². The lowest BCUT2D eigenvalue weighted by Gasteiger charge is -2.17. The van der Waals surface area contributed by atoms with Gasteiger partial charge in [0, 0.05) is 17.5 Å². The molecule has 0 aromatic heterocycles. The Bertz CT molecular complexity index is 351. The molecule has 0 aliphatic heterocycles. The van der Waals surface area contributed by atoms with Gasteiger partial charge in [-0.05, 0) is 6.42 Å². The highest BCUT2D eigenvalue weighted by Gasteiger charge is 2.22. The summed E-state index contributed by atoms with van der Waals surface area (Å²) in [5.74, 6) is -0.211. The Labute approximate surface area is 88.7 Å². The maximum absolute atomic E-state index is 10.8. The first-order valence-electron chi connectivity index (χ1n) is 4.99. The second kappa shape index (κ2) is 4.89. The molecular weight excluding hydrogens is 194 g/mol. The summed E-state index contributed by atoms with van der Waals surface area (Å²) in [7, 11) is 0. The van der Waals surface area contributed by atoms with Gasteiger partial charge in [-0.1, -0.05) is 32.0 Å². The quantitative estimate of drug-likeness (QED) is 0.612. The van der Waals surface area contributed by atoms with Gasteiger partial charge in [-0.15, -0.1) is 0 Å². The zero-order valence-electron chi connectivity index (χ0n) is 8.88. The molecule has 15 heavy (non-hydrogen) atoms. The van der Waals surface area contributed by atoms with E-state index in [1.165, 1.54) is 6.07 Å². The topological polar surface area (TPSA) is 63.4 Å². The van der Waals surface area contributed by atoms with Crippen molar-refractivity contribution in [3.05, 3.63) is 39.9 Å². The fraction of sp³-hybridized carbons (Fsp3) is 0.455. The van der Waals surface area contributed by atoms with E-state index in [2.05, 4.69) is 0 Å². The summed E-state index contributed by atoms with van der Waals surface area (Å²) in [4.78, 5) is 10.4. The second-order valence-electron chi connectivity index (χ2n) is 3.58. The van der Waals surface area contributed by atoms with Crippen molar-refractivity contribution in [2.24, 2.45) is 0 Å². The summed E-state index contributed by atoms with van der Waals surface area (Å²) in [6.07, 6.45) is 0.0545. The van der Waals surface area contributed by atoms with Crippen LogP contribution in [0.5, 0.6) is 0 Å². The van der Waals surface area contributed by atoms with Crippen molar-refractivity contribution in [1.29, 1.82) is 0 Å². The van der Waals surface area contributed by atoms with E-state index in [0.29, 0.717) is 12.0 Å². The van der Waals surface area contributed by atoms with Crippen molar-refractivity contribution in [3.63, 3.8) is 0 Å². The number of rotatable bonds is 4. The smallest absolute Gasteiger partial charge is 0.272 e. The van der Waals surface area contributed by atoms with Gasteiger partial charge in [-0.3, -0.25) is 10.1 Å². The van der Waals surface area contributed by atoms with Gasteiger partial charge in [-0.2, -0.15) is 0 Å². The number of aliphatic hydroxyl groups excluding tert-OH is 1. The van der Waals surface area contributed by atoms with Gasteiger partial charge in [-0.25, -0.2) is 0 Å². The van der Waals surface area contributed by atoms with Crippen molar-refractivity contribution in [3.8, 4) is 0 Å². The van der Waals surface area contributed by atoms with E-state index in [1.807, 2.05) is 6.92 Å². The maximum atomic E-state index is 10.8. The molecule has 0 aliphatic carbocycles. The van der Waals surface area contributed by atoms with Crippen LogP contribution in [-0.4, -0.2) is 16.1 Å². The average molecular weight is 209 g/mol. The number of hydrogen-bond donors (Lipinski definition) is 1. The maximum Gasteiger partial charge on any atom is 0.272 e. The summed E-state index contributed by atoms with van der Waals surface area (Å²) >= 11 is 0. The van der Waals surface area contributed by atoms with Crippen LogP contribution in [0.1, 0.15) is 31.7 Å². The number of nitro groups is 1. The fourth-order valence-corrected chi connectivity index (χ4v) is 1.60. The van der Waals surface area contributed by atoms with E-state index in [4.69, 9.17) is 0 Å². The number of benzene rings is 1. The highest BCUT2D eigenvalue weighted by Crippen LogP contribution is 2.29. The van der Waals surface area contributed by atoms with Crippen molar-refractivity contribution in [2.75, 3.05) is 0 Å². The Morgan fingerprint density at radius 2 is 2.07 bits per heavy atom. The Morgan fingerprint density at radius 3 is 2.60 bits per heavy atom. The molecule has 0 amide bonds. The van der Waals surface area contributed by atoms with Crippen LogP contribution >= 0.6 is 0 Å². The zero-order chi connectivity index (χ0) is 11.4. The Hall–Kier alpha value is -1.42. The largest absolute Gasteiger partial charge is 0.393 e. The number of aliphatic hydroxyl groups is 1.